The summed E-state index contributed by atoms with van der Waals surface area (Å²) in [5.74, 6) is 1.79. The second-order valence-electron chi connectivity index (χ2n) is 8.90. The highest BCUT2D eigenvalue weighted by Gasteiger charge is 2.45. The SMILES string of the molecule is OC1CCC2(CC1)Oc1ncccc1-c1cnc(Nc3ccc(N4CCNCC4)cn3)nc12. The second kappa shape index (κ2) is 8.24. The molecule has 9 heteroatoms. The van der Waals surface area contributed by atoms with Gasteiger partial charge in [-0.3, -0.25) is 0 Å². The molecule has 3 N–H and O–H groups in total. The van der Waals surface area contributed by atoms with Gasteiger partial charge in [0.2, 0.25) is 11.8 Å². The van der Waals surface area contributed by atoms with E-state index in [1.165, 1.54) is 0 Å². The van der Waals surface area contributed by atoms with Crippen LogP contribution in [0, 0.1) is 0 Å². The lowest BCUT2D eigenvalue weighted by Crippen LogP contribution is -2.43. The van der Waals surface area contributed by atoms with Gasteiger partial charge in [-0.25, -0.2) is 19.9 Å². The van der Waals surface area contributed by atoms with Gasteiger partial charge >= 0.3 is 0 Å². The molecule has 0 atom stereocenters. The minimum atomic E-state index is -0.602. The number of ether oxygens (including phenoxy) is 1. The van der Waals surface area contributed by atoms with E-state index in [1.54, 1.807) is 6.20 Å². The first-order valence-electron chi connectivity index (χ1n) is 11.6. The first-order chi connectivity index (χ1) is 16.2. The van der Waals surface area contributed by atoms with E-state index in [0.29, 0.717) is 43.3 Å². The number of rotatable bonds is 3. The van der Waals surface area contributed by atoms with Crippen molar-refractivity contribution in [1.29, 1.82) is 0 Å². The van der Waals surface area contributed by atoms with Crippen LogP contribution in [0.4, 0.5) is 17.5 Å². The Hall–Kier alpha value is -3.30. The maximum absolute atomic E-state index is 10.1. The molecule has 33 heavy (non-hydrogen) atoms. The van der Waals surface area contributed by atoms with Crippen LogP contribution in [0.1, 0.15) is 31.4 Å². The van der Waals surface area contributed by atoms with E-state index in [1.807, 2.05) is 30.6 Å². The van der Waals surface area contributed by atoms with Crippen LogP contribution in [-0.4, -0.2) is 57.3 Å². The Morgan fingerprint density at radius 3 is 2.67 bits per heavy atom. The fraction of sp³-hybridized carbons (Fsp3) is 0.417. The molecular formula is C24H27N7O2. The number of hydrogen-bond donors (Lipinski definition) is 3. The monoisotopic (exact) mass is 445 g/mol. The Morgan fingerprint density at radius 2 is 1.88 bits per heavy atom. The number of piperazine rings is 1. The van der Waals surface area contributed by atoms with Gasteiger partial charge in [-0.15, -0.1) is 0 Å². The molecule has 6 rings (SSSR count). The zero-order valence-corrected chi connectivity index (χ0v) is 18.4. The molecule has 3 aliphatic rings. The fourth-order valence-electron chi connectivity index (χ4n) is 4.99. The number of aromatic nitrogens is 4. The molecule has 1 spiro atoms. The van der Waals surface area contributed by atoms with Crippen LogP contribution in [0.3, 0.4) is 0 Å². The Bertz CT molecular complexity index is 1140. The number of hydrogen-bond acceptors (Lipinski definition) is 9. The molecular weight excluding hydrogens is 418 g/mol. The molecule has 9 nitrogen and oxygen atoms in total. The normalized spacial score (nSPS) is 24.0. The van der Waals surface area contributed by atoms with E-state index in [-0.39, 0.29) is 6.10 Å². The van der Waals surface area contributed by atoms with Crippen LogP contribution in [0.25, 0.3) is 11.1 Å². The van der Waals surface area contributed by atoms with Gasteiger partial charge < -0.3 is 25.4 Å². The van der Waals surface area contributed by atoms with Gasteiger partial charge in [-0.05, 0) is 49.9 Å². The van der Waals surface area contributed by atoms with Crippen LogP contribution in [0.2, 0.25) is 0 Å². The van der Waals surface area contributed by atoms with Crippen molar-refractivity contribution >= 4 is 17.5 Å². The molecule has 0 radical (unpaired) electrons. The van der Waals surface area contributed by atoms with Gasteiger partial charge in [0, 0.05) is 49.7 Å². The molecule has 2 fully saturated rings. The quantitative estimate of drug-likeness (QED) is 0.560. The summed E-state index contributed by atoms with van der Waals surface area (Å²) in [5.41, 5.74) is 3.20. The second-order valence-corrected chi connectivity index (χ2v) is 8.90. The van der Waals surface area contributed by atoms with Crippen molar-refractivity contribution in [1.82, 2.24) is 25.3 Å². The lowest BCUT2D eigenvalue weighted by atomic mass is 9.77. The van der Waals surface area contributed by atoms with E-state index in [0.717, 1.165) is 48.7 Å². The molecule has 5 heterocycles. The third-order valence-electron chi connectivity index (χ3n) is 6.81. The lowest BCUT2D eigenvalue weighted by molar-refractivity contribution is -0.0232. The van der Waals surface area contributed by atoms with Crippen LogP contribution < -0.4 is 20.3 Å². The fourth-order valence-corrected chi connectivity index (χ4v) is 4.99. The molecule has 0 bridgehead atoms. The molecule has 0 unspecified atom stereocenters. The van der Waals surface area contributed by atoms with Crippen LogP contribution in [0.15, 0.2) is 42.9 Å². The average Bonchev–Trinajstić information content (AvgIpc) is 2.87. The molecule has 1 saturated heterocycles. The van der Waals surface area contributed by atoms with Crippen LogP contribution >= 0.6 is 0 Å². The number of pyridine rings is 2. The van der Waals surface area contributed by atoms with Crippen molar-refractivity contribution in [3.05, 3.63) is 48.5 Å². The highest BCUT2D eigenvalue weighted by molar-refractivity contribution is 5.73. The summed E-state index contributed by atoms with van der Waals surface area (Å²) in [5, 5.41) is 16.7. The number of nitrogens with one attached hydrogen (secondary N) is 2. The number of aliphatic hydroxyl groups excluding tert-OH is 1. The molecule has 3 aromatic rings. The zero-order chi connectivity index (χ0) is 22.3. The van der Waals surface area contributed by atoms with Gasteiger partial charge in [-0.2, -0.15) is 0 Å². The number of aliphatic hydroxyl groups is 1. The molecule has 2 aliphatic heterocycles. The molecule has 170 valence electrons. The van der Waals surface area contributed by atoms with Crippen molar-refractivity contribution in [3.63, 3.8) is 0 Å². The number of fused-ring (bicyclic) bond motifs is 4. The van der Waals surface area contributed by atoms with Crippen molar-refractivity contribution in [2.75, 3.05) is 36.4 Å². The summed E-state index contributed by atoms with van der Waals surface area (Å²) in [6.45, 7) is 3.94. The molecule has 0 amide bonds. The molecule has 1 saturated carbocycles. The predicted octanol–water partition coefficient (Wildman–Crippen LogP) is 2.61. The summed E-state index contributed by atoms with van der Waals surface area (Å²) in [6, 6.07) is 7.92. The topological polar surface area (TPSA) is 108 Å². The Morgan fingerprint density at radius 1 is 1.03 bits per heavy atom. The Labute approximate surface area is 192 Å². The van der Waals surface area contributed by atoms with E-state index < -0.39 is 5.60 Å². The van der Waals surface area contributed by atoms with Crippen LogP contribution in [-0.2, 0) is 5.60 Å². The van der Waals surface area contributed by atoms with Gasteiger partial charge in [0.1, 0.15) is 5.82 Å². The van der Waals surface area contributed by atoms with Crippen molar-refractivity contribution in [3.8, 4) is 17.0 Å². The summed E-state index contributed by atoms with van der Waals surface area (Å²) < 4.78 is 6.46. The van der Waals surface area contributed by atoms with Gasteiger partial charge in [0.15, 0.2) is 5.60 Å². The van der Waals surface area contributed by atoms with Gasteiger partial charge in [0.05, 0.1) is 23.7 Å². The molecule has 0 aromatic carbocycles. The summed E-state index contributed by atoms with van der Waals surface area (Å²) in [6.07, 6.45) is 7.88. The largest absolute Gasteiger partial charge is 0.464 e. The minimum Gasteiger partial charge on any atom is -0.464 e. The number of anilines is 3. The van der Waals surface area contributed by atoms with E-state index >= 15 is 0 Å². The standard InChI is InChI=1S/C24H27N7O2/c32-17-5-7-24(8-6-17)21-19(18-2-1-9-26-22(18)33-24)15-28-23(30-21)29-20-4-3-16(14-27-20)31-12-10-25-11-13-31/h1-4,9,14-15,17,25,32H,5-8,10-13H2,(H,27,28,29,30). The third kappa shape index (κ3) is 3.77. The molecule has 1 aliphatic carbocycles. The Balaban J connectivity index is 1.30. The van der Waals surface area contributed by atoms with Crippen LogP contribution in [0.5, 0.6) is 5.88 Å². The first kappa shape index (κ1) is 20.3. The summed E-state index contributed by atoms with van der Waals surface area (Å²) in [7, 11) is 0. The summed E-state index contributed by atoms with van der Waals surface area (Å²) >= 11 is 0. The average molecular weight is 446 g/mol. The van der Waals surface area contributed by atoms with E-state index in [4.69, 9.17) is 9.72 Å². The predicted molar refractivity (Wildman–Crippen MR) is 125 cm³/mol. The maximum atomic E-state index is 10.1. The van der Waals surface area contributed by atoms with Crippen molar-refractivity contribution in [2.24, 2.45) is 0 Å². The minimum absolute atomic E-state index is 0.300. The zero-order valence-electron chi connectivity index (χ0n) is 18.4. The van der Waals surface area contributed by atoms with Gasteiger partial charge in [0.25, 0.3) is 0 Å². The van der Waals surface area contributed by atoms with E-state index in [9.17, 15) is 5.11 Å². The lowest BCUT2D eigenvalue weighted by Gasteiger charge is -2.42. The number of nitrogens with zero attached hydrogens (tertiary/aromatic N) is 5. The van der Waals surface area contributed by atoms with Crippen molar-refractivity contribution < 1.29 is 9.84 Å². The maximum Gasteiger partial charge on any atom is 0.228 e. The first-order valence-corrected chi connectivity index (χ1v) is 11.6. The van der Waals surface area contributed by atoms with Gasteiger partial charge in [-0.1, -0.05) is 0 Å². The third-order valence-corrected chi connectivity index (χ3v) is 6.81. The summed E-state index contributed by atoms with van der Waals surface area (Å²) in [4.78, 5) is 20.8. The molecule has 3 aromatic heterocycles. The van der Waals surface area contributed by atoms with E-state index in [2.05, 4.69) is 36.6 Å². The highest BCUT2D eigenvalue weighted by Crippen LogP contribution is 2.49. The van der Waals surface area contributed by atoms with Crippen molar-refractivity contribution in [2.45, 2.75) is 37.4 Å². The Kier molecular flexibility index (Phi) is 5.07. The smallest absolute Gasteiger partial charge is 0.228 e. The highest BCUT2D eigenvalue weighted by atomic mass is 16.5.